The third-order valence-electron chi connectivity index (χ3n) is 1.47. The monoisotopic (exact) mass is 250 g/mol. The molecule has 3 N–H and O–H groups in total. The molecule has 0 atom stereocenters. The van der Waals surface area contributed by atoms with Gasteiger partial charge in [0.1, 0.15) is 0 Å². The topological polar surface area (TPSA) is 106 Å². The van der Waals surface area contributed by atoms with Crippen molar-refractivity contribution in [3.63, 3.8) is 0 Å². The zero-order chi connectivity index (χ0) is 11.7. The fraction of sp³-hybridized carbons (Fsp3) is 0.143. The third-order valence-corrected chi connectivity index (χ3v) is 2.98. The van der Waals surface area contributed by atoms with E-state index in [-0.39, 0.29) is 10.6 Å². The van der Waals surface area contributed by atoms with E-state index in [1.54, 1.807) is 0 Å². The van der Waals surface area contributed by atoms with E-state index in [1.807, 2.05) is 0 Å². The second kappa shape index (κ2) is 3.80. The molecule has 0 bridgehead atoms. The Morgan fingerprint density at radius 3 is 2.27 bits per heavy atom. The van der Waals surface area contributed by atoms with Gasteiger partial charge in [-0.2, -0.15) is 0 Å². The van der Waals surface area contributed by atoms with Crippen molar-refractivity contribution in [2.24, 2.45) is 5.14 Å². The van der Waals surface area contributed by atoms with Crippen molar-refractivity contribution in [3.05, 3.63) is 24.3 Å². The van der Waals surface area contributed by atoms with E-state index in [1.165, 1.54) is 18.2 Å². The van der Waals surface area contributed by atoms with Crippen LogP contribution in [0.15, 0.2) is 29.2 Å². The average molecular weight is 250 g/mol. The zero-order valence-electron chi connectivity index (χ0n) is 7.84. The van der Waals surface area contributed by atoms with Crippen LogP contribution in [0.1, 0.15) is 0 Å². The number of hydrogen-bond acceptors (Lipinski definition) is 4. The molecular formula is C7H10N2O4S2. The van der Waals surface area contributed by atoms with Gasteiger partial charge in [-0.15, -0.1) is 0 Å². The molecule has 0 spiro atoms. The van der Waals surface area contributed by atoms with Gasteiger partial charge in [0.15, 0.2) is 0 Å². The Balaban J connectivity index is 3.15. The van der Waals surface area contributed by atoms with Gasteiger partial charge in [0.05, 0.1) is 11.2 Å². The standard InChI is InChI=1S/C7H10N2O4S2/c1-14(10,11)9-6-3-2-4-7(5-6)15(8,12)13/h2-5,9H,1H3,(H2,8,12,13). The van der Waals surface area contributed by atoms with Crippen LogP contribution in [0.25, 0.3) is 0 Å². The van der Waals surface area contributed by atoms with Crippen LogP contribution in [-0.2, 0) is 20.0 Å². The highest BCUT2D eigenvalue weighted by Crippen LogP contribution is 2.14. The first kappa shape index (κ1) is 12.0. The maximum absolute atomic E-state index is 11.0. The summed E-state index contributed by atoms with van der Waals surface area (Å²) in [6, 6.07) is 5.25. The molecule has 15 heavy (non-hydrogen) atoms. The minimum Gasteiger partial charge on any atom is -0.284 e. The van der Waals surface area contributed by atoms with Crippen LogP contribution in [0.4, 0.5) is 5.69 Å². The maximum atomic E-state index is 11.0. The summed E-state index contributed by atoms with van der Waals surface area (Å²) in [6.07, 6.45) is 0.969. The normalized spacial score (nSPS) is 12.4. The molecule has 1 aromatic rings. The number of primary sulfonamides is 1. The first-order chi connectivity index (χ1) is 6.68. The third kappa shape index (κ3) is 3.86. The van der Waals surface area contributed by atoms with Crippen molar-refractivity contribution >= 4 is 25.7 Å². The fourth-order valence-corrected chi connectivity index (χ4v) is 2.07. The molecule has 0 aliphatic heterocycles. The van der Waals surface area contributed by atoms with E-state index >= 15 is 0 Å². The summed E-state index contributed by atoms with van der Waals surface area (Å²) in [7, 11) is -7.24. The van der Waals surface area contributed by atoms with Crippen molar-refractivity contribution in [1.29, 1.82) is 0 Å². The highest BCUT2D eigenvalue weighted by atomic mass is 32.2. The highest BCUT2D eigenvalue weighted by molar-refractivity contribution is 7.92. The second-order valence-corrected chi connectivity index (χ2v) is 6.26. The van der Waals surface area contributed by atoms with Gasteiger partial charge in [0.25, 0.3) is 0 Å². The van der Waals surface area contributed by atoms with Crippen LogP contribution in [0.5, 0.6) is 0 Å². The Morgan fingerprint density at radius 2 is 1.80 bits per heavy atom. The van der Waals surface area contributed by atoms with E-state index in [2.05, 4.69) is 4.72 Å². The molecule has 0 unspecified atom stereocenters. The van der Waals surface area contributed by atoms with Gasteiger partial charge in [-0.25, -0.2) is 22.0 Å². The summed E-state index contributed by atoms with van der Waals surface area (Å²) in [6.45, 7) is 0. The lowest BCUT2D eigenvalue weighted by molar-refractivity contribution is 0.597. The Bertz CT molecular complexity index is 562. The smallest absolute Gasteiger partial charge is 0.238 e. The summed E-state index contributed by atoms with van der Waals surface area (Å²) < 4.78 is 45.8. The average Bonchev–Trinajstić information content (AvgIpc) is 1.99. The summed E-state index contributed by atoms with van der Waals surface area (Å²) in [5, 5.41) is 4.88. The van der Waals surface area contributed by atoms with E-state index in [0.717, 1.165) is 12.3 Å². The van der Waals surface area contributed by atoms with E-state index in [9.17, 15) is 16.8 Å². The summed E-state index contributed by atoms with van der Waals surface area (Å²) in [5.74, 6) is 0. The Kier molecular flexibility index (Phi) is 3.03. The van der Waals surface area contributed by atoms with Gasteiger partial charge in [-0.05, 0) is 18.2 Å². The lowest BCUT2D eigenvalue weighted by atomic mass is 10.3. The lowest BCUT2D eigenvalue weighted by Crippen LogP contribution is -2.14. The molecule has 0 amide bonds. The number of benzene rings is 1. The molecule has 0 aromatic heterocycles. The predicted octanol–water partition coefficient (Wildman–Crippen LogP) is -0.295. The number of hydrogen-bond donors (Lipinski definition) is 2. The molecule has 84 valence electrons. The number of sulfonamides is 2. The fourth-order valence-electron chi connectivity index (χ4n) is 0.951. The molecule has 1 aromatic carbocycles. The zero-order valence-corrected chi connectivity index (χ0v) is 9.47. The highest BCUT2D eigenvalue weighted by Gasteiger charge is 2.09. The lowest BCUT2D eigenvalue weighted by Gasteiger charge is -2.04. The minimum absolute atomic E-state index is 0.142. The van der Waals surface area contributed by atoms with Gasteiger partial charge in [0.2, 0.25) is 20.0 Å². The van der Waals surface area contributed by atoms with Crippen LogP contribution in [-0.4, -0.2) is 23.1 Å². The minimum atomic E-state index is -3.82. The largest absolute Gasteiger partial charge is 0.284 e. The van der Waals surface area contributed by atoms with E-state index in [4.69, 9.17) is 5.14 Å². The molecule has 0 saturated carbocycles. The van der Waals surface area contributed by atoms with Crippen molar-refractivity contribution in [3.8, 4) is 0 Å². The molecule has 0 heterocycles. The van der Waals surface area contributed by atoms with Crippen LogP contribution in [0, 0.1) is 0 Å². The van der Waals surface area contributed by atoms with Gasteiger partial charge in [-0.1, -0.05) is 6.07 Å². The molecule has 8 heteroatoms. The van der Waals surface area contributed by atoms with Gasteiger partial charge in [-0.3, -0.25) is 4.72 Å². The van der Waals surface area contributed by atoms with Crippen molar-refractivity contribution in [2.75, 3.05) is 11.0 Å². The predicted molar refractivity (Wildman–Crippen MR) is 56.3 cm³/mol. The second-order valence-electron chi connectivity index (χ2n) is 2.95. The molecule has 0 aliphatic rings. The number of nitrogens with two attached hydrogens (primary N) is 1. The molecule has 0 radical (unpaired) electrons. The van der Waals surface area contributed by atoms with Crippen LogP contribution in [0.3, 0.4) is 0 Å². The quantitative estimate of drug-likeness (QED) is 0.768. The van der Waals surface area contributed by atoms with Gasteiger partial charge >= 0.3 is 0 Å². The molecule has 0 fully saturated rings. The van der Waals surface area contributed by atoms with Crippen molar-refractivity contribution in [1.82, 2.24) is 0 Å². The molecule has 0 saturated heterocycles. The summed E-state index contributed by atoms with van der Waals surface area (Å²) in [4.78, 5) is -0.142. The number of anilines is 1. The van der Waals surface area contributed by atoms with Gasteiger partial charge < -0.3 is 0 Å². The molecule has 6 nitrogen and oxygen atoms in total. The van der Waals surface area contributed by atoms with Crippen LogP contribution >= 0.6 is 0 Å². The molecule has 1 rings (SSSR count). The Labute approximate surface area is 88.2 Å². The molecule has 0 aliphatic carbocycles. The van der Waals surface area contributed by atoms with E-state index < -0.39 is 20.0 Å². The van der Waals surface area contributed by atoms with Crippen molar-refractivity contribution in [2.45, 2.75) is 4.90 Å². The van der Waals surface area contributed by atoms with Crippen molar-refractivity contribution < 1.29 is 16.8 Å². The maximum Gasteiger partial charge on any atom is 0.238 e. The first-order valence-electron chi connectivity index (χ1n) is 3.79. The first-order valence-corrected chi connectivity index (χ1v) is 7.23. The summed E-state index contributed by atoms with van der Waals surface area (Å²) >= 11 is 0. The number of rotatable bonds is 3. The van der Waals surface area contributed by atoms with Crippen LogP contribution < -0.4 is 9.86 Å². The SMILES string of the molecule is CS(=O)(=O)Nc1cccc(S(N)(=O)=O)c1. The number of nitrogens with one attached hydrogen (secondary N) is 1. The summed E-state index contributed by atoms with van der Waals surface area (Å²) in [5.41, 5.74) is 0.157. The van der Waals surface area contributed by atoms with Crippen LogP contribution in [0.2, 0.25) is 0 Å². The van der Waals surface area contributed by atoms with E-state index in [0.29, 0.717) is 0 Å². The Hall–Kier alpha value is -1.12. The Morgan fingerprint density at radius 1 is 1.20 bits per heavy atom. The molecular weight excluding hydrogens is 240 g/mol. The van der Waals surface area contributed by atoms with Gasteiger partial charge in [0, 0.05) is 5.69 Å².